The summed E-state index contributed by atoms with van der Waals surface area (Å²) in [4.78, 5) is 8.57. The molecule has 1 fully saturated rings. The number of hydrogen-bond donors (Lipinski definition) is 1. The minimum atomic E-state index is 0.656. The van der Waals surface area contributed by atoms with Crippen molar-refractivity contribution in [2.45, 2.75) is 33.1 Å². The molecule has 4 heteroatoms. The van der Waals surface area contributed by atoms with Gasteiger partial charge in [0.25, 0.3) is 0 Å². The maximum absolute atomic E-state index is 5.63. The maximum Gasteiger partial charge on any atom is 0.226 e. The van der Waals surface area contributed by atoms with Crippen molar-refractivity contribution in [3.8, 4) is 5.88 Å². The lowest BCUT2D eigenvalue weighted by atomic mass is 10.3. The molecule has 16 heavy (non-hydrogen) atoms. The van der Waals surface area contributed by atoms with E-state index in [1.54, 1.807) is 0 Å². The molecule has 0 radical (unpaired) electrons. The van der Waals surface area contributed by atoms with Crippen LogP contribution in [0.15, 0.2) is 6.07 Å². The van der Waals surface area contributed by atoms with Crippen LogP contribution in [0.4, 0.5) is 5.95 Å². The molecule has 0 saturated heterocycles. The van der Waals surface area contributed by atoms with Gasteiger partial charge in [-0.2, -0.15) is 4.98 Å². The van der Waals surface area contributed by atoms with Crippen LogP contribution in [-0.2, 0) is 0 Å². The van der Waals surface area contributed by atoms with Crippen molar-refractivity contribution >= 4 is 5.95 Å². The van der Waals surface area contributed by atoms with Crippen LogP contribution in [0, 0.1) is 12.8 Å². The fourth-order valence-electron chi connectivity index (χ4n) is 1.59. The average molecular weight is 221 g/mol. The second-order valence-corrected chi connectivity index (χ2v) is 4.28. The SMILES string of the molecule is CCNc1nc(C)cc(OCCC2CC2)n1. The molecular weight excluding hydrogens is 202 g/mol. The summed E-state index contributed by atoms with van der Waals surface area (Å²) in [5.41, 5.74) is 0.937. The van der Waals surface area contributed by atoms with Crippen molar-refractivity contribution in [1.82, 2.24) is 9.97 Å². The van der Waals surface area contributed by atoms with Crippen LogP contribution in [-0.4, -0.2) is 23.1 Å². The highest BCUT2D eigenvalue weighted by atomic mass is 16.5. The summed E-state index contributed by atoms with van der Waals surface area (Å²) in [5, 5.41) is 3.10. The van der Waals surface area contributed by atoms with Crippen LogP contribution in [0.2, 0.25) is 0 Å². The maximum atomic E-state index is 5.63. The molecule has 0 unspecified atom stereocenters. The number of aryl methyl sites for hydroxylation is 1. The number of rotatable bonds is 6. The first-order valence-electron chi connectivity index (χ1n) is 6.00. The fraction of sp³-hybridized carbons (Fsp3) is 0.667. The predicted molar refractivity (Wildman–Crippen MR) is 63.8 cm³/mol. The van der Waals surface area contributed by atoms with Crippen LogP contribution in [0.1, 0.15) is 31.9 Å². The van der Waals surface area contributed by atoms with Gasteiger partial charge < -0.3 is 10.1 Å². The normalized spacial score (nSPS) is 14.9. The van der Waals surface area contributed by atoms with Crippen LogP contribution in [0.5, 0.6) is 5.88 Å². The van der Waals surface area contributed by atoms with Crippen molar-refractivity contribution in [2.75, 3.05) is 18.5 Å². The Labute approximate surface area is 96.4 Å². The number of nitrogens with zero attached hydrogens (tertiary/aromatic N) is 2. The van der Waals surface area contributed by atoms with E-state index in [-0.39, 0.29) is 0 Å². The van der Waals surface area contributed by atoms with E-state index in [4.69, 9.17) is 4.74 Å². The zero-order valence-corrected chi connectivity index (χ0v) is 9.99. The van der Waals surface area contributed by atoms with Crippen molar-refractivity contribution in [3.05, 3.63) is 11.8 Å². The molecule has 1 N–H and O–H groups in total. The van der Waals surface area contributed by atoms with Gasteiger partial charge in [-0.25, -0.2) is 4.98 Å². The summed E-state index contributed by atoms with van der Waals surface area (Å²) in [6, 6.07) is 1.88. The Balaban J connectivity index is 1.90. The highest BCUT2D eigenvalue weighted by Crippen LogP contribution is 2.32. The van der Waals surface area contributed by atoms with Gasteiger partial charge in [0.2, 0.25) is 11.8 Å². The molecule has 1 saturated carbocycles. The molecule has 2 rings (SSSR count). The summed E-state index contributed by atoms with van der Waals surface area (Å²) >= 11 is 0. The van der Waals surface area contributed by atoms with E-state index in [1.165, 1.54) is 12.8 Å². The van der Waals surface area contributed by atoms with Crippen molar-refractivity contribution < 1.29 is 4.74 Å². The highest BCUT2D eigenvalue weighted by Gasteiger charge is 2.20. The number of hydrogen-bond acceptors (Lipinski definition) is 4. The van der Waals surface area contributed by atoms with E-state index in [1.807, 2.05) is 19.9 Å². The zero-order chi connectivity index (χ0) is 11.4. The predicted octanol–water partition coefficient (Wildman–Crippen LogP) is 2.40. The number of anilines is 1. The molecule has 88 valence electrons. The first-order valence-corrected chi connectivity index (χ1v) is 6.00. The molecule has 0 aliphatic heterocycles. The van der Waals surface area contributed by atoms with Crippen molar-refractivity contribution in [2.24, 2.45) is 5.92 Å². The lowest BCUT2D eigenvalue weighted by Crippen LogP contribution is -2.06. The third kappa shape index (κ3) is 3.36. The fourth-order valence-corrected chi connectivity index (χ4v) is 1.59. The first kappa shape index (κ1) is 11.2. The number of ether oxygens (including phenoxy) is 1. The molecule has 0 aromatic carbocycles. The molecule has 0 atom stereocenters. The second kappa shape index (κ2) is 5.14. The molecule has 1 aromatic heterocycles. The Bertz CT molecular complexity index is 350. The van der Waals surface area contributed by atoms with Crippen LogP contribution in [0.3, 0.4) is 0 Å². The van der Waals surface area contributed by atoms with E-state index >= 15 is 0 Å². The van der Waals surface area contributed by atoms with Crippen LogP contribution < -0.4 is 10.1 Å². The Kier molecular flexibility index (Phi) is 3.59. The van der Waals surface area contributed by atoms with Crippen LogP contribution >= 0.6 is 0 Å². The summed E-state index contributed by atoms with van der Waals surface area (Å²) in [7, 11) is 0. The lowest BCUT2D eigenvalue weighted by molar-refractivity contribution is 0.291. The number of aromatic nitrogens is 2. The molecule has 1 aliphatic carbocycles. The Morgan fingerprint density at radius 3 is 2.94 bits per heavy atom. The summed E-state index contributed by atoms with van der Waals surface area (Å²) in [6.07, 6.45) is 3.89. The van der Waals surface area contributed by atoms with Crippen LogP contribution in [0.25, 0.3) is 0 Å². The van der Waals surface area contributed by atoms with Gasteiger partial charge in [-0.1, -0.05) is 12.8 Å². The molecule has 1 aliphatic rings. The molecule has 0 spiro atoms. The largest absolute Gasteiger partial charge is 0.478 e. The van der Waals surface area contributed by atoms with Crippen molar-refractivity contribution in [1.29, 1.82) is 0 Å². The molecule has 0 amide bonds. The Morgan fingerprint density at radius 2 is 2.25 bits per heavy atom. The summed E-state index contributed by atoms with van der Waals surface area (Å²) in [5.74, 6) is 2.24. The molecule has 1 heterocycles. The molecule has 1 aromatic rings. The van der Waals surface area contributed by atoms with E-state index in [9.17, 15) is 0 Å². The third-order valence-electron chi connectivity index (χ3n) is 2.64. The standard InChI is InChI=1S/C12H19N3O/c1-3-13-12-14-9(2)8-11(15-12)16-7-6-10-4-5-10/h8,10H,3-7H2,1-2H3,(H,13,14,15). The van der Waals surface area contributed by atoms with Gasteiger partial charge in [0.05, 0.1) is 6.61 Å². The van der Waals surface area contributed by atoms with Crippen molar-refractivity contribution in [3.63, 3.8) is 0 Å². The van der Waals surface area contributed by atoms with E-state index in [0.717, 1.165) is 31.2 Å². The minimum Gasteiger partial charge on any atom is -0.478 e. The molecule has 4 nitrogen and oxygen atoms in total. The number of nitrogens with one attached hydrogen (secondary N) is 1. The van der Waals surface area contributed by atoms with Gasteiger partial charge in [0.1, 0.15) is 0 Å². The van der Waals surface area contributed by atoms with Gasteiger partial charge in [0, 0.05) is 18.3 Å². The summed E-state index contributed by atoms with van der Waals surface area (Å²) < 4.78 is 5.63. The van der Waals surface area contributed by atoms with Gasteiger partial charge >= 0.3 is 0 Å². The van der Waals surface area contributed by atoms with Gasteiger partial charge in [0.15, 0.2) is 0 Å². The Morgan fingerprint density at radius 1 is 1.44 bits per heavy atom. The Hall–Kier alpha value is -1.32. The highest BCUT2D eigenvalue weighted by molar-refractivity contribution is 5.30. The minimum absolute atomic E-state index is 0.656. The van der Waals surface area contributed by atoms with Gasteiger partial charge in [-0.3, -0.25) is 0 Å². The lowest BCUT2D eigenvalue weighted by Gasteiger charge is -2.08. The molecular formula is C12H19N3O. The first-order chi connectivity index (χ1) is 7.78. The average Bonchev–Trinajstić information content (AvgIpc) is 3.01. The third-order valence-corrected chi connectivity index (χ3v) is 2.64. The second-order valence-electron chi connectivity index (χ2n) is 4.28. The molecule has 0 bridgehead atoms. The van der Waals surface area contributed by atoms with E-state index < -0.39 is 0 Å². The zero-order valence-electron chi connectivity index (χ0n) is 9.99. The monoisotopic (exact) mass is 221 g/mol. The smallest absolute Gasteiger partial charge is 0.226 e. The van der Waals surface area contributed by atoms with E-state index in [0.29, 0.717) is 11.8 Å². The quantitative estimate of drug-likeness (QED) is 0.801. The summed E-state index contributed by atoms with van der Waals surface area (Å²) in [6.45, 7) is 5.58. The van der Waals surface area contributed by atoms with Gasteiger partial charge in [-0.15, -0.1) is 0 Å². The van der Waals surface area contributed by atoms with E-state index in [2.05, 4.69) is 15.3 Å². The topological polar surface area (TPSA) is 47.0 Å². The van der Waals surface area contributed by atoms with Gasteiger partial charge in [-0.05, 0) is 26.2 Å².